The van der Waals surface area contributed by atoms with Crippen LogP contribution in [0.2, 0.25) is 0 Å². The van der Waals surface area contributed by atoms with E-state index in [0.717, 1.165) is 14.0 Å². The highest BCUT2D eigenvalue weighted by atomic mass is 33.4. The van der Waals surface area contributed by atoms with Gasteiger partial charge in [0, 0.05) is 107 Å². The molecule has 16 heavy (non-hydrogen) atoms. The molecule has 0 aromatic carbocycles. The molecule has 0 heterocycles. The van der Waals surface area contributed by atoms with Crippen LogP contribution in [0.25, 0.3) is 0 Å². The molecule has 3 nitrogen and oxygen atoms in total. The van der Waals surface area contributed by atoms with Crippen LogP contribution in [0.15, 0.2) is 0 Å². The Bertz CT molecular complexity index is 431. The predicted octanol–water partition coefficient (Wildman–Crippen LogP) is -0.325. The largest absolute Gasteiger partial charge is 0.481 e. The molecule has 98 valence electrons. The van der Waals surface area contributed by atoms with Crippen molar-refractivity contribution >= 4 is 99.4 Å². The molecule has 0 bridgehead atoms. The lowest BCUT2D eigenvalue weighted by atomic mass is 10.9. The van der Waals surface area contributed by atoms with Gasteiger partial charge in [0.1, 0.15) is 0 Å². The maximum absolute atomic E-state index is 9.00. The summed E-state index contributed by atoms with van der Waals surface area (Å²) in [6, 6.07) is 0. The van der Waals surface area contributed by atoms with E-state index >= 15 is 0 Å². The van der Waals surface area contributed by atoms with Crippen LogP contribution in [0.1, 0.15) is 6.92 Å². The minimum absolute atomic E-state index is 0.833. The first-order chi connectivity index (χ1) is 7.65. The van der Waals surface area contributed by atoms with Crippen LogP contribution in [0.3, 0.4) is 0 Å². The third-order valence-corrected chi connectivity index (χ3v) is 15.7. The van der Waals surface area contributed by atoms with E-state index in [-0.39, 0.29) is 0 Å². The molecule has 0 radical (unpaired) electrons. The minimum Gasteiger partial charge on any atom is -0.481 e. The van der Waals surface area contributed by atoms with Crippen LogP contribution in [0.4, 0.5) is 0 Å². The van der Waals surface area contributed by atoms with Gasteiger partial charge in [-0.25, -0.2) is 0 Å². The second-order valence-electron chi connectivity index (χ2n) is 1.06. The molecule has 0 atom stereocenters. The van der Waals surface area contributed by atoms with Gasteiger partial charge >= 0.3 is 0 Å². The number of hydrogen-bond donors (Lipinski definition) is 2. The molecule has 0 rings (SSSR count). The molecule has 0 aliphatic rings. The van der Waals surface area contributed by atoms with E-state index in [1.165, 1.54) is 17.8 Å². The molecule has 0 fully saturated rings. The summed E-state index contributed by atoms with van der Waals surface area (Å²) < 4.78 is 0. The first kappa shape index (κ1) is 22.8. The molecule has 0 saturated carbocycles. The number of carboxylic acids is 1. The molecule has 0 aromatic heterocycles. The molecule has 13 heteroatoms. The normalized spacial score (nSPS) is 6.19. The Labute approximate surface area is 127 Å². The molecule has 0 aliphatic heterocycles. The zero-order valence-corrected chi connectivity index (χ0v) is 16.1. The maximum atomic E-state index is 9.00. The molecule has 0 amide bonds. The lowest BCUT2D eigenvalue weighted by molar-refractivity contribution is -0.134. The standard InChI is InChI=1S/C2H4O2.CH4O.S10/c1-2(3)4;1-2;1-3-5-7-9-10-8-6-4-2/h1H3,(H,3,4);2H,1H3;. The van der Waals surface area contributed by atoms with Gasteiger partial charge in [0.2, 0.25) is 0 Å². The summed E-state index contributed by atoms with van der Waals surface area (Å²) in [5.41, 5.74) is 0. The smallest absolute Gasteiger partial charge is 0.300 e. The third kappa shape index (κ3) is 44.9. The van der Waals surface area contributed by atoms with Crippen molar-refractivity contribution in [1.82, 2.24) is 0 Å². The lowest BCUT2D eigenvalue weighted by Gasteiger charge is -1.59. The van der Waals surface area contributed by atoms with Crippen LogP contribution in [0, 0.1) is 0 Å². The van der Waals surface area contributed by atoms with Gasteiger partial charge in [0.25, 0.3) is 5.97 Å². The molecule has 0 aromatic rings. The highest BCUT2D eigenvalue weighted by Gasteiger charge is 1.65. The number of aliphatic hydroxyl groups is 1. The topological polar surface area (TPSA) is 57.5 Å². The van der Waals surface area contributed by atoms with Gasteiger partial charge in [0.05, 0.1) is 0 Å². The van der Waals surface area contributed by atoms with E-state index in [9.17, 15) is 0 Å². The SMILES string of the molecule is CC(=O)O.CO.S=S=S=S=S=S=S=S=S=S. The van der Waals surface area contributed by atoms with Crippen LogP contribution in [-0.2, 0) is 98.2 Å². The van der Waals surface area contributed by atoms with Crippen LogP contribution in [-0.4, -0.2) is 23.3 Å². The monoisotopic (exact) mass is 412 g/mol. The van der Waals surface area contributed by atoms with Crippen molar-refractivity contribution in [3.8, 4) is 0 Å². The van der Waals surface area contributed by atoms with E-state index in [0.29, 0.717) is 0 Å². The van der Waals surface area contributed by atoms with Gasteiger partial charge in [-0.15, -0.1) is 0 Å². The number of aliphatic hydroxyl groups excluding tert-OH is 1. The second-order valence-corrected chi connectivity index (χ2v) is 15.2. The Kier molecular flexibility index (Phi) is 36.3. The Balaban J connectivity index is -0.000000237. The minimum atomic E-state index is -0.833. The van der Waals surface area contributed by atoms with Crippen molar-refractivity contribution in [3.63, 3.8) is 0 Å². The summed E-state index contributed by atoms with van der Waals surface area (Å²) in [5.74, 6) is -0.833. The highest BCUT2D eigenvalue weighted by molar-refractivity contribution is 8.73. The first-order valence-electron chi connectivity index (χ1n) is 2.87. The van der Waals surface area contributed by atoms with Crippen molar-refractivity contribution in [1.29, 1.82) is 0 Å². The van der Waals surface area contributed by atoms with Gasteiger partial charge < -0.3 is 10.2 Å². The summed E-state index contributed by atoms with van der Waals surface area (Å²) in [7, 11) is 13.7. The van der Waals surface area contributed by atoms with Crippen LogP contribution in [0.5, 0.6) is 0 Å². The van der Waals surface area contributed by atoms with Gasteiger partial charge in [0.15, 0.2) is 0 Å². The molecule has 0 aliphatic carbocycles. The highest BCUT2D eigenvalue weighted by Crippen LogP contribution is 1.42. The lowest BCUT2D eigenvalue weighted by Crippen LogP contribution is -1.78. The van der Waals surface area contributed by atoms with E-state index in [4.69, 9.17) is 15.0 Å². The fraction of sp³-hybridized carbons (Fsp3) is 0.667. The van der Waals surface area contributed by atoms with Gasteiger partial charge in [-0.3, -0.25) is 4.79 Å². The van der Waals surface area contributed by atoms with Crippen LogP contribution >= 0.6 is 0 Å². The Morgan fingerprint density at radius 2 is 1.06 bits per heavy atom. The summed E-state index contributed by atoms with van der Waals surface area (Å²) in [6.07, 6.45) is 0. The van der Waals surface area contributed by atoms with E-state index in [1.54, 1.807) is 53.3 Å². The molecule has 0 saturated heterocycles. The zero-order valence-electron chi connectivity index (χ0n) is 7.89. The molecule has 0 unspecified atom stereocenters. The molecular formula is C3H8O3S10. The average Bonchev–Trinajstić information content (AvgIpc) is 2.25. The molecular weight excluding hydrogens is 405 g/mol. The molecule has 0 spiro atoms. The Hall–Kier alpha value is 1.63. The van der Waals surface area contributed by atoms with Crippen LogP contribution < -0.4 is 0 Å². The number of carboxylic acid groups (broad SMARTS) is 1. The van der Waals surface area contributed by atoms with Gasteiger partial charge in [-0.1, -0.05) is 0 Å². The van der Waals surface area contributed by atoms with E-state index in [1.807, 2.05) is 0 Å². The number of carbonyl (C=O) groups is 1. The van der Waals surface area contributed by atoms with Crippen molar-refractivity contribution in [2.24, 2.45) is 0 Å². The van der Waals surface area contributed by atoms with Crippen molar-refractivity contribution < 1.29 is 15.0 Å². The first-order valence-corrected chi connectivity index (χ1v) is 14.9. The number of aliphatic carboxylic acids is 1. The van der Waals surface area contributed by atoms with Gasteiger partial charge in [-0.05, 0) is 0 Å². The number of rotatable bonds is 0. The summed E-state index contributed by atoms with van der Waals surface area (Å²) in [6.45, 7) is 1.08. The van der Waals surface area contributed by atoms with E-state index in [2.05, 4.69) is 22.4 Å². The van der Waals surface area contributed by atoms with Crippen molar-refractivity contribution in [3.05, 3.63) is 0 Å². The summed E-state index contributed by atoms with van der Waals surface area (Å²) in [4.78, 5) is 9.00. The number of hydrogen-bond acceptors (Lipinski definition) is 4. The van der Waals surface area contributed by atoms with Crippen molar-refractivity contribution in [2.75, 3.05) is 7.11 Å². The summed E-state index contributed by atoms with van der Waals surface area (Å²) in [5, 5.41) is 14.4. The fourth-order valence-corrected chi connectivity index (χ4v) is 16.5. The average molecular weight is 413 g/mol. The summed E-state index contributed by atoms with van der Waals surface area (Å²) >= 11 is 9.31. The van der Waals surface area contributed by atoms with E-state index < -0.39 is 5.97 Å². The second kappa shape index (κ2) is 25.5. The Morgan fingerprint density at radius 1 is 0.875 bits per heavy atom. The predicted molar refractivity (Wildman–Crippen MR) is 95.1 cm³/mol. The Morgan fingerprint density at radius 3 is 1.25 bits per heavy atom. The zero-order chi connectivity index (χ0) is 13.2. The fourth-order valence-electron chi connectivity index (χ4n) is 0.0680. The molecule has 2 N–H and O–H groups in total. The van der Waals surface area contributed by atoms with Gasteiger partial charge in [-0.2, -0.15) is 0 Å². The third-order valence-electron chi connectivity index (χ3n) is 0.194. The maximum Gasteiger partial charge on any atom is 0.300 e. The quantitative estimate of drug-likeness (QED) is 0.571. The van der Waals surface area contributed by atoms with Crippen molar-refractivity contribution in [2.45, 2.75) is 6.92 Å².